The molecule has 1 rings (SSSR count). The number of aliphatic carboxylic acids is 1. The van der Waals surface area contributed by atoms with Crippen molar-refractivity contribution in [1.82, 2.24) is 10.0 Å². The Hall–Kier alpha value is -1.97. The van der Waals surface area contributed by atoms with E-state index in [0.717, 1.165) is 0 Å². The number of benzene rings is 1. The third-order valence-electron chi connectivity index (χ3n) is 2.65. The normalized spacial score (nSPS) is 12.7. The fourth-order valence-electron chi connectivity index (χ4n) is 1.47. The summed E-state index contributed by atoms with van der Waals surface area (Å²) in [5, 5.41) is 19.9. The fourth-order valence-corrected chi connectivity index (χ4v) is 2.51. The highest BCUT2D eigenvalue weighted by Gasteiger charge is 2.17. The van der Waals surface area contributed by atoms with Crippen LogP contribution in [0, 0.1) is 0 Å². The summed E-state index contributed by atoms with van der Waals surface area (Å²) in [4.78, 5) is 21.7. The lowest BCUT2D eigenvalue weighted by Crippen LogP contribution is -2.30. The van der Waals surface area contributed by atoms with Crippen LogP contribution in [0.1, 0.15) is 16.8 Å². The Morgan fingerprint density at radius 2 is 1.81 bits per heavy atom. The highest BCUT2D eigenvalue weighted by Crippen LogP contribution is 2.10. The molecule has 1 aromatic rings. The number of carbonyl (C=O) groups is 2. The van der Waals surface area contributed by atoms with Gasteiger partial charge in [-0.15, -0.1) is 0 Å². The second-order valence-corrected chi connectivity index (χ2v) is 5.91. The number of nitrogens with one attached hydrogen (secondary N) is 2. The average Bonchev–Trinajstić information content (AvgIpc) is 2.46. The van der Waals surface area contributed by atoms with Gasteiger partial charge in [0.15, 0.2) is 6.10 Å². The van der Waals surface area contributed by atoms with Crippen LogP contribution in [-0.2, 0) is 14.8 Å². The van der Waals surface area contributed by atoms with Crippen molar-refractivity contribution in [3.63, 3.8) is 0 Å². The molecule has 0 fully saturated rings. The van der Waals surface area contributed by atoms with E-state index in [0.29, 0.717) is 5.56 Å². The van der Waals surface area contributed by atoms with Crippen molar-refractivity contribution in [2.75, 3.05) is 13.6 Å². The molecule has 0 aromatic heterocycles. The minimum atomic E-state index is -3.82. The van der Waals surface area contributed by atoms with Crippen molar-refractivity contribution in [3.8, 4) is 0 Å². The van der Waals surface area contributed by atoms with E-state index in [1.54, 1.807) is 0 Å². The molecule has 0 aliphatic heterocycles. The molecule has 0 radical (unpaired) electrons. The van der Waals surface area contributed by atoms with E-state index in [9.17, 15) is 18.0 Å². The number of hydrogen-bond acceptors (Lipinski definition) is 5. The van der Waals surface area contributed by atoms with E-state index in [4.69, 9.17) is 10.2 Å². The van der Waals surface area contributed by atoms with Crippen molar-refractivity contribution in [3.05, 3.63) is 29.8 Å². The first-order valence-corrected chi connectivity index (χ1v) is 7.49. The molecule has 1 aromatic carbocycles. The Morgan fingerprint density at radius 1 is 1.24 bits per heavy atom. The number of carboxylic acid groups (broad SMARTS) is 1. The molecule has 1 atom stereocenters. The summed E-state index contributed by atoms with van der Waals surface area (Å²) in [5.41, 5.74) is 0.317. The number of carboxylic acids is 1. The molecule has 0 spiro atoms. The minimum absolute atomic E-state index is 0.0556. The first-order valence-electron chi connectivity index (χ1n) is 6.00. The molecule has 0 heterocycles. The van der Waals surface area contributed by atoms with Gasteiger partial charge in [0.1, 0.15) is 0 Å². The Labute approximate surface area is 121 Å². The molecule has 0 saturated carbocycles. The third-order valence-corrected chi connectivity index (χ3v) is 4.13. The van der Waals surface area contributed by atoms with Crippen molar-refractivity contribution in [2.45, 2.75) is 17.4 Å². The van der Waals surface area contributed by atoms with Crippen molar-refractivity contribution in [1.29, 1.82) is 0 Å². The number of amides is 1. The summed E-state index contributed by atoms with van der Waals surface area (Å²) in [6.07, 6.45) is -1.87. The van der Waals surface area contributed by atoms with Gasteiger partial charge in [-0.05, 0) is 30.7 Å². The highest BCUT2D eigenvalue weighted by molar-refractivity contribution is 7.89. The first kappa shape index (κ1) is 17.1. The minimum Gasteiger partial charge on any atom is -0.479 e. The predicted molar refractivity (Wildman–Crippen MR) is 73.3 cm³/mol. The highest BCUT2D eigenvalue weighted by atomic mass is 32.2. The SMILES string of the molecule is CNC(=O)c1ccc(S(=O)(=O)NCCC(O)C(=O)O)cc1. The van der Waals surface area contributed by atoms with Gasteiger partial charge in [0.05, 0.1) is 4.90 Å². The van der Waals surface area contributed by atoms with Crippen molar-refractivity contribution >= 4 is 21.9 Å². The van der Waals surface area contributed by atoms with Crippen LogP contribution < -0.4 is 10.0 Å². The number of rotatable bonds is 7. The van der Waals surface area contributed by atoms with Crippen LogP contribution in [-0.4, -0.2) is 50.2 Å². The van der Waals surface area contributed by atoms with E-state index in [2.05, 4.69) is 10.0 Å². The summed E-state index contributed by atoms with van der Waals surface area (Å²) >= 11 is 0. The Balaban J connectivity index is 2.70. The summed E-state index contributed by atoms with van der Waals surface area (Å²) < 4.78 is 26.0. The van der Waals surface area contributed by atoms with Crippen molar-refractivity contribution < 1.29 is 28.2 Å². The molecular weight excluding hydrogens is 300 g/mol. The Kier molecular flexibility index (Phi) is 5.82. The maximum absolute atomic E-state index is 11.9. The van der Waals surface area contributed by atoms with Gasteiger partial charge in [0, 0.05) is 19.2 Å². The molecule has 0 aliphatic carbocycles. The number of aliphatic hydroxyl groups is 1. The van der Waals surface area contributed by atoms with Crippen LogP contribution in [0.2, 0.25) is 0 Å². The Morgan fingerprint density at radius 3 is 2.29 bits per heavy atom. The van der Waals surface area contributed by atoms with Gasteiger partial charge in [-0.3, -0.25) is 4.79 Å². The Bertz CT molecular complexity index is 611. The second-order valence-electron chi connectivity index (χ2n) is 4.14. The first-order chi connectivity index (χ1) is 9.77. The molecule has 4 N–H and O–H groups in total. The zero-order chi connectivity index (χ0) is 16.0. The quantitative estimate of drug-likeness (QED) is 0.518. The van der Waals surface area contributed by atoms with Crippen LogP contribution in [0.4, 0.5) is 0 Å². The van der Waals surface area contributed by atoms with Gasteiger partial charge in [0.25, 0.3) is 5.91 Å². The van der Waals surface area contributed by atoms with Gasteiger partial charge >= 0.3 is 5.97 Å². The number of aliphatic hydroxyl groups excluding tert-OH is 1. The summed E-state index contributed by atoms with van der Waals surface area (Å²) in [6, 6.07) is 5.25. The maximum Gasteiger partial charge on any atom is 0.332 e. The fraction of sp³-hybridized carbons (Fsp3) is 0.333. The monoisotopic (exact) mass is 316 g/mol. The largest absolute Gasteiger partial charge is 0.479 e. The topological polar surface area (TPSA) is 133 Å². The molecule has 1 amide bonds. The van der Waals surface area contributed by atoms with Crippen LogP contribution in [0.25, 0.3) is 0 Å². The smallest absolute Gasteiger partial charge is 0.332 e. The van der Waals surface area contributed by atoms with E-state index in [1.807, 2.05) is 0 Å². The molecule has 0 aliphatic rings. The van der Waals surface area contributed by atoms with Crippen LogP contribution >= 0.6 is 0 Å². The lowest BCUT2D eigenvalue weighted by atomic mass is 10.2. The summed E-state index contributed by atoms with van der Waals surface area (Å²) in [7, 11) is -2.36. The number of carbonyl (C=O) groups excluding carboxylic acids is 1. The number of hydrogen-bond donors (Lipinski definition) is 4. The van der Waals surface area contributed by atoms with Gasteiger partial charge < -0.3 is 15.5 Å². The molecule has 21 heavy (non-hydrogen) atoms. The lowest BCUT2D eigenvalue weighted by Gasteiger charge is -2.09. The van der Waals surface area contributed by atoms with E-state index in [-0.39, 0.29) is 23.8 Å². The average molecular weight is 316 g/mol. The van der Waals surface area contributed by atoms with Gasteiger partial charge in [-0.2, -0.15) is 0 Å². The van der Waals surface area contributed by atoms with E-state index >= 15 is 0 Å². The third kappa shape index (κ3) is 4.81. The van der Waals surface area contributed by atoms with Crippen molar-refractivity contribution in [2.24, 2.45) is 0 Å². The van der Waals surface area contributed by atoms with Crippen LogP contribution in [0.5, 0.6) is 0 Å². The zero-order valence-corrected chi connectivity index (χ0v) is 12.1. The molecule has 8 nitrogen and oxygen atoms in total. The lowest BCUT2D eigenvalue weighted by molar-refractivity contribution is -0.146. The van der Waals surface area contributed by atoms with E-state index < -0.39 is 22.1 Å². The standard InChI is InChI=1S/C12H16N2O6S/c1-13-11(16)8-2-4-9(5-3-8)21(19,20)14-7-6-10(15)12(17)18/h2-5,10,14-15H,6-7H2,1H3,(H,13,16)(H,17,18). The maximum atomic E-state index is 11.9. The summed E-state index contributed by atoms with van der Waals surface area (Å²) in [5.74, 6) is -1.75. The van der Waals surface area contributed by atoms with Crippen LogP contribution in [0.15, 0.2) is 29.2 Å². The molecule has 9 heteroatoms. The molecule has 0 saturated heterocycles. The van der Waals surface area contributed by atoms with Gasteiger partial charge in [-0.25, -0.2) is 17.9 Å². The second kappa shape index (κ2) is 7.16. The molecule has 0 bridgehead atoms. The number of sulfonamides is 1. The predicted octanol–water partition coefficient (Wildman–Crippen LogP) is -0.840. The summed E-state index contributed by atoms with van der Waals surface area (Å²) in [6.45, 7) is -0.215. The molecule has 1 unspecified atom stereocenters. The van der Waals surface area contributed by atoms with Gasteiger partial charge in [0.2, 0.25) is 10.0 Å². The molecular formula is C12H16N2O6S. The zero-order valence-electron chi connectivity index (χ0n) is 11.2. The van der Waals surface area contributed by atoms with Crippen LogP contribution in [0.3, 0.4) is 0 Å². The van der Waals surface area contributed by atoms with E-state index in [1.165, 1.54) is 31.3 Å². The molecule has 116 valence electrons. The van der Waals surface area contributed by atoms with Gasteiger partial charge in [-0.1, -0.05) is 0 Å².